The summed E-state index contributed by atoms with van der Waals surface area (Å²) in [5, 5.41) is 7.43. The third-order valence-corrected chi connectivity index (χ3v) is 3.72. The maximum Gasteiger partial charge on any atom is 0.341 e. The monoisotopic (exact) mass is 359 g/mol. The van der Waals surface area contributed by atoms with Crippen molar-refractivity contribution in [1.29, 1.82) is 0 Å². The highest BCUT2D eigenvalue weighted by Gasteiger charge is 2.13. The zero-order chi connectivity index (χ0) is 17.6. The number of ether oxygens (including phenoxy) is 1. The first-order chi connectivity index (χ1) is 12.1. The molecule has 0 unspecified atom stereocenters. The fourth-order valence-corrected chi connectivity index (χ4v) is 2.32. The smallest absolute Gasteiger partial charge is 0.341 e. The number of esters is 1. The Morgan fingerprint density at radius 1 is 1.24 bits per heavy atom. The van der Waals surface area contributed by atoms with Crippen LogP contribution in [0.4, 0.5) is 5.82 Å². The summed E-state index contributed by atoms with van der Waals surface area (Å²) in [6, 6.07) is 10.5. The SMILES string of the molecule is O=C(COC(=O)c1ccoc1)Nc1ccnn1Cc1ccccc1Cl. The number of hydrogen-bond acceptors (Lipinski definition) is 5. The van der Waals surface area contributed by atoms with Crippen molar-refractivity contribution in [1.82, 2.24) is 9.78 Å². The van der Waals surface area contributed by atoms with Crippen LogP contribution < -0.4 is 5.32 Å². The predicted molar refractivity (Wildman–Crippen MR) is 90.4 cm³/mol. The average molecular weight is 360 g/mol. The molecule has 1 N–H and O–H groups in total. The molecule has 0 fully saturated rings. The predicted octanol–water partition coefficient (Wildman–Crippen LogP) is 2.97. The normalized spacial score (nSPS) is 10.4. The highest BCUT2D eigenvalue weighted by molar-refractivity contribution is 6.31. The number of aromatic nitrogens is 2. The molecule has 2 heterocycles. The summed E-state index contributed by atoms with van der Waals surface area (Å²) in [4.78, 5) is 23.6. The molecule has 3 aromatic rings. The number of nitrogens with one attached hydrogen (secondary N) is 1. The molecule has 0 aliphatic carbocycles. The van der Waals surface area contributed by atoms with Gasteiger partial charge in [-0.15, -0.1) is 0 Å². The lowest BCUT2D eigenvalue weighted by Crippen LogP contribution is -2.22. The summed E-state index contributed by atoms with van der Waals surface area (Å²) < 4.78 is 11.3. The van der Waals surface area contributed by atoms with E-state index in [2.05, 4.69) is 10.4 Å². The number of amides is 1. The second-order valence-corrected chi connectivity index (χ2v) is 5.51. The Hall–Kier alpha value is -3.06. The van der Waals surface area contributed by atoms with Gasteiger partial charge in [0.2, 0.25) is 0 Å². The lowest BCUT2D eigenvalue weighted by atomic mass is 10.2. The van der Waals surface area contributed by atoms with Crippen LogP contribution in [0.25, 0.3) is 0 Å². The summed E-state index contributed by atoms with van der Waals surface area (Å²) in [5.74, 6) is -0.629. The zero-order valence-corrected chi connectivity index (χ0v) is 13.8. The van der Waals surface area contributed by atoms with Gasteiger partial charge in [-0.2, -0.15) is 5.10 Å². The number of rotatable bonds is 6. The largest absolute Gasteiger partial charge is 0.472 e. The number of benzene rings is 1. The van der Waals surface area contributed by atoms with E-state index in [4.69, 9.17) is 20.8 Å². The van der Waals surface area contributed by atoms with Gasteiger partial charge in [0.1, 0.15) is 12.1 Å². The molecule has 0 aliphatic rings. The molecular weight excluding hydrogens is 346 g/mol. The number of hydrogen-bond donors (Lipinski definition) is 1. The van der Waals surface area contributed by atoms with Gasteiger partial charge in [-0.1, -0.05) is 29.8 Å². The van der Waals surface area contributed by atoms with Crippen molar-refractivity contribution in [2.75, 3.05) is 11.9 Å². The van der Waals surface area contributed by atoms with Crippen LogP contribution in [-0.4, -0.2) is 28.3 Å². The molecule has 3 rings (SSSR count). The molecule has 8 heteroatoms. The van der Waals surface area contributed by atoms with Crippen molar-refractivity contribution >= 4 is 29.3 Å². The first-order valence-corrected chi connectivity index (χ1v) is 7.75. The fourth-order valence-electron chi connectivity index (χ4n) is 2.13. The molecule has 0 aliphatic heterocycles. The van der Waals surface area contributed by atoms with Gasteiger partial charge in [0.15, 0.2) is 6.61 Å². The summed E-state index contributed by atoms with van der Waals surface area (Å²) in [6.45, 7) is -0.0155. The van der Waals surface area contributed by atoms with Gasteiger partial charge in [-0.25, -0.2) is 9.48 Å². The Morgan fingerprint density at radius 3 is 2.84 bits per heavy atom. The van der Waals surface area contributed by atoms with Crippen LogP contribution in [0, 0.1) is 0 Å². The fraction of sp³-hybridized carbons (Fsp3) is 0.118. The van der Waals surface area contributed by atoms with Gasteiger partial charge < -0.3 is 14.5 Å². The third-order valence-electron chi connectivity index (χ3n) is 3.35. The molecule has 25 heavy (non-hydrogen) atoms. The topological polar surface area (TPSA) is 86.4 Å². The molecule has 7 nitrogen and oxygen atoms in total. The Balaban J connectivity index is 1.58. The second kappa shape index (κ2) is 7.67. The van der Waals surface area contributed by atoms with Gasteiger partial charge in [-0.3, -0.25) is 4.79 Å². The van der Waals surface area contributed by atoms with Gasteiger partial charge in [-0.05, 0) is 17.7 Å². The number of halogens is 1. The standard InChI is InChI=1S/C17H14ClN3O4/c18-14-4-2-1-3-12(14)9-21-15(5-7-19-21)20-16(22)11-25-17(23)13-6-8-24-10-13/h1-8,10H,9,11H2,(H,20,22). The Labute approximate surface area is 148 Å². The average Bonchev–Trinajstić information content (AvgIpc) is 3.27. The zero-order valence-electron chi connectivity index (χ0n) is 13.0. The van der Waals surface area contributed by atoms with Crippen LogP contribution in [0.5, 0.6) is 0 Å². The van der Waals surface area contributed by atoms with Gasteiger partial charge in [0.05, 0.1) is 24.6 Å². The minimum absolute atomic E-state index is 0.247. The quantitative estimate of drug-likeness (QED) is 0.684. The highest BCUT2D eigenvalue weighted by atomic mass is 35.5. The molecule has 0 radical (unpaired) electrons. The molecule has 0 spiro atoms. The van der Waals surface area contributed by atoms with Crippen molar-refractivity contribution in [3.8, 4) is 0 Å². The molecule has 0 atom stereocenters. The van der Waals surface area contributed by atoms with Gasteiger partial charge >= 0.3 is 5.97 Å². The van der Waals surface area contributed by atoms with Crippen LogP contribution in [0.3, 0.4) is 0 Å². The minimum atomic E-state index is -0.631. The van der Waals surface area contributed by atoms with E-state index in [0.717, 1.165) is 5.56 Å². The van der Waals surface area contributed by atoms with Gasteiger partial charge in [0.25, 0.3) is 5.91 Å². The minimum Gasteiger partial charge on any atom is -0.472 e. The van der Waals surface area contributed by atoms with Crippen molar-refractivity contribution in [3.05, 3.63) is 71.3 Å². The van der Waals surface area contributed by atoms with Gasteiger partial charge in [0, 0.05) is 11.1 Å². The number of furan rings is 1. The number of nitrogens with zero attached hydrogens (tertiary/aromatic N) is 2. The Morgan fingerprint density at radius 2 is 2.08 bits per heavy atom. The summed E-state index contributed by atoms with van der Waals surface area (Å²) >= 11 is 6.14. The third kappa shape index (κ3) is 4.27. The Bertz CT molecular complexity index is 874. The van der Waals surface area contributed by atoms with Crippen LogP contribution in [0.1, 0.15) is 15.9 Å². The first-order valence-electron chi connectivity index (χ1n) is 7.38. The number of anilines is 1. The summed E-state index contributed by atoms with van der Waals surface area (Å²) in [5.41, 5.74) is 1.12. The lowest BCUT2D eigenvalue weighted by Gasteiger charge is -2.10. The van der Waals surface area contributed by atoms with E-state index in [-0.39, 0.29) is 5.56 Å². The van der Waals surface area contributed by atoms with Crippen LogP contribution in [0.2, 0.25) is 5.02 Å². The molecule has 1 aromatic carbocycles. The molecule has 128 valence electrons. The van der Waals surface area contributed by atoms with E-state index in [1.807, 2.05) is 18.2 Å². The van der Waals surface area contributed by atoms with Crippen LogP contribution in [-0.2, 0) is 16.1 Å². The van der Waals surface area contributed by atoms with E-state index < -0.39 is 18.5 Å². The van der Waals surface area contributed by atoms with E-state index >= 15 is 0 Å². The molecular formula is C17H14ClN3O4. The van der Waals surface area contributed by atoms with Crippen molar-refractivity contribution < 1.29 is 18.7 Å². The number of carbonyl (C=O) groups is 2. The molecule has 0 saturated heterocycles. The van der Waals surface area contributed by atoms with E-state index in [1.54, 1.807) is 23.0 Å². The molecule has 0 bridgehead atoms. The van der Waals surface area contributed by atoms with E-state index in [1.165, 1.54) is 18.6 Å². The van der Waals surface area contributed by atoms with E-state index in [0.29, 0.717) is 17.4 Å². The highest BCUT2D eigenvalue weighted by Crippen LogP contribution is 2.18. The maximum atomic E-state index is 12.0. The van der Waals surface area contributed by atoms with Crippen LogP contribution in [0.15, 0.2) is 59.5 Å². The molecule has 1 amide bonds. The lowest BCUT2D eigenvalue weighted by molar-refractivity contribution is -0.119. The second-order valence-electron chi connectivity index (χ2n) is 5.10. The van der Waals surface area contributed by atoms with E-state index in [9.17, 15) is 9.59 Å². The maximum absolute atomic E-state index is 12.0. The van der Waals surface area contributed by atoms with Crippen LogP contribution >= 0.6 is 11.6 Å². The summed E-state index contributed by atoms with van der Waals surface area (Å²) in [6.07, 6.45) is 4.16. The number of carbonyl (C=O) groups excluding carboxylic acids is 2. The summed E-state index contributed by atoms with van der Waals surface area (Å²) in [7, 11) is 0. The van der Waals surface area contributed by atoms with Crippen molar-refractivity contribution in [2.24, 2.45) is 0 Å². The Kier molecular flexibility index (Phi) is 5.15. The van der Waals surface area contributed by atoms with Crippen molar-refractivity contribution in [3.63, 3.8) is 0 Å². The first kappa shape index (κ1) is 16.8. The molecule has 0 saturated carbocycles. The molecule has 2 aromatic heterocycles. The van der Waals surface area contributed by atoms with Crippen molar-refractivity contribution in [2.45, 2.75) is 6.54 Å².